The first-order valence-electron chi connectivity index (χ1n) is 6.36. The van der Waals surface area contributed by atoms with E-state index in [1.54, 1.807) is 0 Å². The maximum Gasteiger partial charge on any atom is 0.426 e. The van der Waals surface area contributed by atoms with Crippen molar-refractivity contribution < 1.29 is 31.4 Å². The molecule has 1 unspecified atom stereocenters. The predicted molar refractivity (Wildman–Crippen MR) is 57.4 cm³/mol. The van der Waals surface area contributed by atoms with Crippen LogP contribution in [0.1, 0.15) is 45.4 Å². The lowest BCUT2D eigenvalue weighted by Crippen LogP contribution is -2.61. The minimum absolute atomic E-state index is 0.167. The number of halogens is 6. The summed E-state index contributed by atoms with van der Waals surface area (Å²) < 4.78 is 75.8. The van der Waals surface area contributed by atoms with Gasteiger partial charge in [0, 0.05) is 5.92 Å². The van der Waals surface area contributed by atoms with Crippen molar-refractivity contribution in [1.29, 1.82) is 0 Å². The van der Waals surface area contributed by atoms with Gasteiger partial charge in [-0.15, -0.1) is 0 Å². The molecule has 0 aromatic rings. The van der Waals surface area contributed by atoms with Crippen LogP contribution in [0.5, 0.6) is 0 Å². The molecular formula is C12H18F6O. The van der Waals surface area contributed by atoms with Gasteiger partial charge in [-0.05, 0) is 12.3 Å². The third kappa shape index (κ3) is 3.35. The fourth-order valence-corrected chi connectivity index (χ4v) is 2.81. The van der Waals surface area contributed by atoms with Crippen LogP contribution in [0.25, 0.3) is 0 Å². The molecule has 0 amide bonds. The molecule has 0 bridgehead atoms. The van der Waals surface area contributed by atoms with Crippen LogP contribution in [0, 0.1) is 11.8 Å². The fourth-order valence-electron chi connectivity index (χ4n) is 2.81. The molecule has 0 aromatic carbocycles. The number of aliphatic hydroxyl groups is 1. The minimum atomic E-state index is -5.71. The van der Waals surface area contributed by atoms with Gasteiger partial charge in [-0.2, -0.15) is 26.3 Å². The van der Waals surface area contributed by atoms with E-state index in [0.29, 0.717) is 12.8 Å². The standard InChI is InChI=1S/C12H18F6O/c1-8(7-9-5-3-2-4-6-9)10(19,11(13,14)15)12(16,17)18/h8-9,19H,2-7H2,1H3. The molecule has 1 fully saturated rings. The van der Waals surface area contributed by atoms with Gasteiger partial charge in [0.2, 0.25) is 0 Å². The summed E-state index contributed by atoms with van der Waals surface area (Å²) in [6, 6.07) is 0. The highest BCUT2D eigenvalue weighted by Crippen LogP contribution is 2.49. The zero-order valence-electron chi connectivity index (χ0n) is 10.6. The van der Waals surface area contributed by atoms with Crippen LogP contribution < -0.4 is 0 Å². The van der Waals surface area contributed by atoms with Gasteiger partial charge in [-0.3, -0.25) is 0 Å². The second-order valence-electron chi connectivity index (χ2n) is 5.40. The van der Waals surface area contributed by atoms with Crippen LogP contribution in [0.3, 0.4) is 0 Å². The second-order valence-corrected chi connectivity index (χ2v) is 5.40. The van der Waals surface area contributed by atoms with E-state index < -0.39 is 23.9 Å². The summed E-state index contributed by atoms with van der Waals surface area (Å²) in [5, 5.41) is 9.23. The summed E-state index contributed by atoms with van der Waals surface area (Å²) in [7, 11) is 0. The highest BCUT2D eigenvalue weighted by Gasteiger charge is 2.72. The molecule has 114 valence electrons. The van der Waals surface area contributed by atoms with Gasteiger partial charge in [0.1, 0.15) is 0 Å². The molecule has 0 aromatic heterocycles. The Hall–Kier alpha value is -0.460. The minimum Gasteiger partial charge on any atom is -0.373 e. The van der Waals surface area contributed by atoms with E-state index in [-0.39, 0.29) is 12.3 Å². The molecular weight excluding hydrogens is 274 g/mol. The molecule has 1 rings (SSSR count). The van der Waals surface area contributed by atoms with E-state index in [1.165, 1.54) is 0 Å². The SMILES string of the molecule is CC(CC1CCCCC1)C(O)(C(F)(F)F)C(F)(F)F. The van der Waals surface area contributed by atoms with Gasteiger partial charge in [0.25, 0.3) is 5.60 Å². The first-order chi connectivity index (χ1) is 8.50. The number of rotatable bonds is 3. The molecule has 1 saturated carbocycles. The van der Waals surface area contributed by atoms with Crippen molar-refractivity contribution in [2.24, 2.45) is 11.8 Å². The molecule has 0 saturated heterocycles. The van der Waals surface area contributed by atoms with Crippen molar-refractivity contribution in [2.75, 3.05) is 0 Å². The number of hydrogen-bond acceptors (Lipinski definition) is 1. The normalized spacial score (nSPS) is 21.5. The Morgan fingerprint density at radius 3 is 1.74 bits per heavy atom. The molecule has 1 aliphatic carbocycles. The lowest BCUT2D eigenvalue weighted by atomic mass is 9.76. The van der Waals surface area contributed by atoms with Crippen molar-refractivity contribution in [2.45, 2.75) is 63.4 Å². The van der Waals surface area contributed by atoms with Crippen LogP contribution in [-0.4, -0.2) is 23.1 Å². The maximum atomic E-state index is 12.6. The Morgan fingerprint density at radius 1 is 0.947 bits per heavy atom. The molecule has 1 atom stereocenters. The van der Waals surface area contributed by atoms with Crippen LogP contribution in [0.4, 0.5) is 26.3 Å². The lowest BCUT2D eigenvalue weighted by molar-refractivity contribution is -0.384. The fraction of sp³-hybridized carbons (Fsp3) is 1.00. The molecule has 1 aliphatic rings. The summed E-state index contributed by atoms with van der Waals surface area (Å²) >= 11 is 0. The summed E-state index contributed by atoms with van der Waals surface area (Å²) in [4.78, 5) is 0. The Bertz CT molecular complexity index is 276. The average Bonchev–Trinajstić information content (AvgIpc) is 2.26. The first-order valence-corrected chi connectivity index (χ1v) is 6.36. The van der Waals surface area contributed by atoms with Crippen LogP contribution in [0.15, 0.2) is 0 Å². The topological polar surface area (TPSA) is 20.2 Å². The quantitative estimate of drug-likeness (QED) is 0.762. The lowest BCUT2D eigenvalue weighted by Gasteiger charge is -2.39. The van der Waals surface area contributed by atoms with E-state index in [2.05, 4.69) is 0 Å². The Morgan fingerprint density at radius 2 is 1.37 bits per heavy atom. The molecule has 7 heteroatoms. The Kier molecular flexibility index (Phi) is 4.80. The van der Waals surface area contributed by atoms with Crippen molar-refractivity contribution in [1.82, 2.24) is 0 Å². The molecule has 1 N–H and O–H groups in total. The summed E-state index contributed by atoms with van der Waals surface area (Å²) in [5.41, 5.74) is -4.61. The van der Waals surface area contributed by atoms with Crippen LogP contribution in [-0.2, 0) is 0 Å². The Balaban J connectivity index is 2.86. The van der Waals surface area contributed by atoms with Crippen molar-refractivity contribution in [3.8, 4) is 0 Å². The van der Waals surface area contributed by atoms with Gasteiger partial charge in [0.05, 0.1) is 0 Å². The van der Waals surface area contributed by atoms with Crippen LogP contribution in [0.2, 0.25) is 0 Å². The zero-order valence-corrected chi connectivity index (χ0v) is 10.6. The third-order valence-corrected chi connectivity index (χ3v) is 3.99. The summed E-state index contributed by atoms with van der Waals surface area (Å²) in [6.07, 6.45) is -7.78. The van der Waals surface area contributed by atoms with Gasteiger partial charge >= 0.3 is 12.4 Å². The van der Waals surface area contributed by atoms with Crippen LogP contribution >= 0.6 is 0 Å². The molecule has 1 nitrogen and oxygen atoms in total. The van der Waals surface area contributed by atoms with Crippen molar-refractivity contribution in [3.05, 3.63) is 0 Å². The van der Waals surface area contributed by atoms with Crippen molar-refractivity contribution >= 4 is 0 Å². The summed E-state index contributed by atoms with van der Waals surface area (Å²) in [6.45, 7) is 0.829. The predicted octanol–water partition coefficient (Wildman–Crippen LogP) is 4.45. The van der Waals surface area contributed by atoms with Gasteiger partial charge in [0.15, 0.2) is 0 Å². The molecule has 0 radical (unpaired) electrons. The zero-order chi connectivity index (χ0) is 14.9. The number of hydrogen-bond donors (Lipinski definition) is 1. The molecule has 0 aliphatic heterocycles. The second kappa shape index (κ2) is 5.50. The Labute approximate surface area is 108 Å². The molecule has 19 heavy (non-hydrogen) atoms. The van der Waals surface area contributed by atoms with Gasteiger partial charge in [-0.25, -0.2) is 0 Å². The van der Waals surface area contributed by atoms with E-state index in [1.807, 2.05) is 0 Å². The maximum absolute atomic E-state index is 12.6. The van der Waals surface area contributed by atoms with E-state index in [4.69, 9.17) is 0 Å². The van der Waals surface area contributed by atoms with E-state index >= 15 is 0 Å². The van der Waals surface area contributed by atoms with Gasteiger partial charge in [-0.1, -0.05) is 39.0 Å². The van der Waals surface area contributed by atoms with Gasteiger partial charge < -0.3 is 5.11 Å². The average molecular weight is 292 g/mol. The highest BCUT2D eigenvalue weighted by atomic mass is 19.4. The monoisotopic (exact) mass is 292 g/mol. The van der Waals surface area contributed by atoms with E-state index in [9.17, 15) is 31.4 Å². The highest BCUT2D eigenvalue weighted by molar-refractivity contribution is 4.98. The largest absolute Gasteiger partial charge is 0.426 e. The third-order valence-electron chi connectivity index (χ3n) is 3.99. The summed E-state index contributed by atoms with van der Waals surface area (Å²) in [5.74, 6) is -2.06. The molecule has 0 spiro atoms. The smallest absolute Gasteiger partial charge is 0.373 e. The number of alkyl halides is 6. The van der Waals surface area contributed by atoms with E-state index in [0.717, 1.165) is 26.2 Å². The van der Waals surface area contributed by atoms with Crippen molar-refractivity contribution in [3.63, 3.8) is 0 Å². The first kappa shape index (κ1) is 16.6. The molecule has 0 heterocycles.